The zero-order chi connectivity index (χ0) is 19.3. The lowest BCUT2D eigenvalue weighted by atomic mass is 9.87. The molecule has 1 amide bonds. The van der Waals surface area contributed by atoms with E-state index in [2.05, 4.69) is 5.16 Å². The number of oxime groups is 1. The van der Waals surface area contributed by atoms with Gasteiger partial charge in [-0.25, -0.2) is 0 Å². The third kappa shape index (κ3) is 4.43. The molecule has 1 fully saturated rings. The highest BCUT2D eigenvalue weighted by atomic mass is 35.5. The summed E-state index contributed by atoms with van der Waals surface area (Å²) in [6.07, 6.45) is 1.20. The average molecular weight is 399 g/mol. The Morgan fingerprint density at radius 3 is 2.27 bits per heavy atom. The van der Waals surface area contributed by atoms with Crippen LogP contribution in [0.4, 0.5) is 0 Å². The number of likely N-dealkylation sites (tertiary alicyclic amines) is 1. The van der Waals surface area contributed by atoms with Crippen molar-refractivity contribution in [3.8, 4) is 0 Å². The Kier molecular flexibility index (Phi) is 7.17. The van der Waals surface area contributed by atoms with E-state index in [0.29, 0.717) is 18.7 Å². The van der Waals surface area contributed by atoms with E-state index in [1.807, 2.05) is 6.92 Å². The minimum Gasteiger partial charge on any atom is -0.396 e. The lowest BCUT2D eigenvalue weighted by molar-refractivity contribution is -0.134. The third-order valence-corrected chi connectivity index (χ3v) is 4.58. The summed E-state index contributed by atoms with van der Waals surface area (Å²) in [5.41, 5.74) is 0.499. The Bertz CT molecular complexity index is 710. The summed E-state index contributed by atoms with van der Waals surface area (Å²) >= 11 is 12.1. The Morgan fingerprint density at radius 1 is 1.19 bits per heavy atom. The molecule has 1 heterocycles. The predicted octanol–water partition coefficient (Wildman–Crippen LogP) is 3.40. The topological polar surface area (TPSA) is 76.0 Å². The van der Waals surface area contributed by atoms with Crippen molar-refractivity contribution in [3.63, 3.8) is 0 Å². The smallest absolute Gasteiger partial charge is 0.257 e. The first kappa shape index (κ1) is 20.4. The van der Waals surface area contributed by atoms with Gasteiger partial charge in [0.2, 0.25) is 0 Å². The fourth-order valence-corrected chi connectivity index (χ4v) is 3.38. The van der Waals surface area contributed by atoms with E-state index in [4.69, 9.17) is 28.0 Å². The van der Waals surface area contributed by atoms with Crippen molar-refractivity contribution in [2.75, 3.05) is 19.7 Å². The molecule has 26 heavy (non-hydrogen) atoms. The maximum Gasteiger partial charge on any atom is 0.257 e. The van der Waals surface area contributed by atoms with Crippen molar-refractivity contribution in [1.82, 2.24) is 4.90 Å². The van der Waals surface area contributed by atoms with Gasteiger partial charge in [-0.2, -0.15) is 0 Å². The van der Waals surface area contributed by atoms with E-state index in [9.17, 15) is 14.4 Å². The number of ketones is 2. The molecule has 0 spiro atoms. The van der Waals surface area contributed by atoms with Crippen LogP contribution in [0, 0.1) is 5.92 Å². The summed E-state index contributed by atoms with van der Waals surface area (Å²) in [6, 6.07) is 4.68. The minimum atomic E-state index is -0.965. The molecular weight excluding hydrogens is 379 g/mol. The quantitative estimate of drug-likeness (QED) is 0.418. The van der Waals surface area contributed by atoms with E-state index in [1.54, 1.807) is 13.0 Å². The first-order chi connectivity index (χ1) is 12.4. The summed E-state index contributed by atoms with van der Waals surface area (Å²) in [5, 5.41) is 4.29. The van der Waals surface area contributed by atoms with Crippen LogP contribution >= 0.6 is 23.2 Å². The first-order valence-electron chi connectivity index (χ1n) is 8.38. The fourth-order valence-electron chi connectivity index (χ4n) is 2.82. The van der Waals surface area contributed by atoms with Crippen LogP contribution in [0.25, 0.3) is 0 Å². The molecule has 0 unspecified atom stereocenters. The van der Waals surface area contributed by atoms with Crippen molar-refractivity contribution in [2.24, 2.45) is 11.1 Å². The molecule has 2 rings (SSSR count). The molecule has 0 bridgehead atoms. The number of rotatable bonds is 6. The highest BCUT2D eigenvalue weighted by molar-refractivity contribution is 6.40. The van der Waals surface area contributed by atoms with Crippen LogP contribution in [0.5, 0.6) is 0 Å². The summed E-state index contributed by atoms with van der Waals surface area (Å²) in [6.45, 7) is 3.63. The molecule has 1 aliphatic rings. The number of carbonyl (C=O) groups excluding carboxylic acids is 3. The Hall–Kier alpha value is -1.92. The van der Waals surface area contributed by atoms with Crippen LogP contribution < -0.4 is 0 Å². The van der Waals surface area contributed by atoms with Crippen LogP contribution in [0.1, 0.15) is 37.0 Å². The second-order valence-electron chi connectivity index (χ2n) is 5.87. The summed E-state index contributed by atoms with van der Waals surface area (Å²) in [7, 11) is 0. The normalized spacial score (nSPS) is 16.2. The molecule has 0 N–H and O–H groups in total. The van der Waals surface area contributed by atoms with Gasteiger partial charge in [0, 0.05) is 0 Å². The van der Waals surface area contributed by atoms with E-state index in [1.165, 1.54) is 17.0 Å². The van der Waals surface area contributed by atoms with Gasteiger partial charge in [0.25, 0.3) is 5.91 Å². The van der Waals surface area contributed by atoms with Crippen molar-refractivity contribution in [3.05, 3.63) is 33.8 Å². The molecule has 0 aromatic heterocycles. The third-order valence-electron chi connectivity index (χ3n) is 3.95. The number of Topliss-reactive ketones (excluding diaryl/α,β-unsaturated/α-hetero) is 2. The molecule has 0 atom stereocenters. The standard InChI is InChI=1S/C18H20Cl2N2O4/c1-3-6-13(21-26-4-2)17-14(23)9-22(10-15(17)24)18(25)16-11(19)7-5-8-12(16)20/h5,7-8,17H,3-4,6,9-10H2,1-2H3. The number of nitrogens with zero attached hydrogens (tertiary/aromatic N) is 2. The van der Waals surface area contributed by atoms with Gasteiger partial charge in [-0.1, -0.05) is 47.8 Å². The zero-order valence-corrected chi connectivity index (χ0v) is 16.1. The molecule has 0 aliphatic carbocycles. The molecule has 1 aromatic rings. The number of benzene rings is 1. The Balaban J connectivity index is 2.23. The highest BCUT2D eigenvalue weighted by Gasteiger charge is 2.40. The molecule has 0 radical (unpaired) electrons. The van der Waals surface area contributed by atoms with Crippen LogP contribution in [-0.2, 0) is 14.4 Å². The van der Waals surface area contributed by atoms with Crippen LogP contribution in [0.2, 0.25) is 10.0 Å². The zero-order valence-electron chi connectivity index (χ0n) is 14.6. The number of amides is 1. The lowest BCUT2D eigenvalue weighted by Crippen LogP contribution is -2.52. The monoisotopic (exact) mass is 398 g/mol. The number of piperidine rings is 1. The number of carbonyl (C=O) groups is 3. The number of hydrogen-bond donors (Lipinski definition) is 0. The second-order valence-corrected chi connectivity index (χ2v) is 6.69. The molecule has 6 nitrogen and oxygen atoms in total. The summed E-state index contributed by atoms with van der Waals surface area (Å²) < 4.78 is 0. The van der Waals surface area contributed by atoms with Gasteiger partial charge in [0.05, 0.1) is 34.4 Å². The van der Waals surface area contributed by atoms with Crippen molar-refractivity contribution in [1.29, 1.82) is 0 Å². The summed E-state index contributed by atoms with van der Waals surface area (Å²) in [5.74, 6) is -2.28. The highest BCUT2D eigenvalue weighted by Crippen LogP contribution is 2.27. The van der Waals surface area contributed by atoms with Gasteiger partial charge in [-0.15, -0.1) is 0 Å². The largest absolute Gasteiger partial charge is 0.396 e. The molecule has 0 saturated carbocycles. The van der Waals surface area contributed by atoms with Gasteiger partial charge >= 0.3 is 0 Å². The Morgan fingerprint density at radius 2 is 1.77 bits per heavy atom. The van der Waals surface area contributed by atoms with Gasteiger partial charge in [0.15, 0.2) is 11.6 Å². The summed E-state index contributed by atoms with van der Waals surface area (Å²) in [4.78, 5) is 44.1. The SMILES string of the molecule is CCCC(=NOCC)C1C(=O)CN(C(=O)c2c(Cl)cccc2Cl)CC1=O. The van der Waals surface area contributed by atoms with E-state index < -0.39 is 11.8 Å². The van der Waals surface area contributed by atoms with Crippen LogP contribution in [0.3, 0.4) is 0 Å². The van der Waals surface area contributed by atoms with Crippen molar-refractivity contribution in [2.45, 2.75) is 26.7 Å². The van der Waals surface area contributed by atoms with E-state index >= 15 is 0 Å². The van der Waals surface area contributed by atoms with Gasteiger partial charge < -0.3 is 9.74 Å². The van der Waals surface area contributed by atoms with E-state index in [0.717, 1.165) is 6.42 Å². The first-order valence-corrected chi connectivity index (χ1v) is 9.13. The van der Waals surface area contributed by atoms with Crippen molar-refractivity contribution >= 4 is 46.4 Å². The Labute approximate surface area is 162 Å². The maximum atomic E-state index is 12.7. The molecule has 1 aliphatic heterocycles. The van der Waals surface area contributed by atoms with Gasteiger partial charge in [0.1, 0.15) is 12.5 Å². The predicted molar refractivity (Wildman–Crippen MR) is 99.8 cm³/mol. The maximum absolute atomic E-state index is 12.7. The number of hydrogen-bond acceptors (Lipinski definition) is 5. The van der Waals surface area contributed by atoms with E-state index in [-0.39, 0.29) is 40.3 Å². The minimum absolute atomic E-state index is 0.0895. The molecule has 140 valence electrons. The van der Waals surface area contributed by atoms with Gasteiger partial charge in [-0.05, 0) is 25.5 Å². The molecule has 8 heteroatoms. The lowest BCUT2D eigenvalue weighted by Gasteiger charge is -2.30. The number of halogens is 2. The van der Waals surface area contributed by atoms with Crippen LogP contribution in [-0.4, -0.2) is 47.8 Å². The second kappa shape index (κ2) is 9.14. The van der Waals surface area contributed by atoms with Crippen LogP contribution in [0.15, 0.2) is 23.4 Å². The molecular formula is C18H20Cl2N2O4. The molecule has 1 aromatic carbocycles. The van der Waals surface area contributed by atoms with Gasteiger partial charge in [-0.3, -0.25) is 14.4 Å². The van der Waals surface area contributed by atoms with Crippen molar-refractivity contribution < 1.29 is 19.2 Å². The average Bonchev–Trinajstić information content (AvgIpc) is 2.58. The molecule has 1 saturated heterocycles. The fraction of sp³-hybridized carbons (Fsp3) is 0.444.